The molecule has 0 aliphatic rings. The van der Waals surface area contributed by atoms with Crippen molar-refractivity contribution in [3.63, 3.8) is 0 Å². The average Bonchev–Trinajstić information content (AvgIpc) is 2.40. The van der Waals surface area contributed by atoms with Crippen LogP contribution in [0.1, 0.15) is 24.1 Å². The number of phenolic OH excluding ortho intramolecular Hbond substituents is 1. The minimum Gasteiger partial charge on any atom is -0.508 e. The SMILES string of the molecule is CC(NCc1cc(Br)ccc1O)c1ccccc1. The topological polar surface area (TPSA) is 32.3 Å². The Morgan fingerprint density at radius 3 is 2.61 bits per heavy atom. The molecule has 0 amide bonds. The lowest BCUT2D eigenvalue weighted by Gasteiger charge is -2.15. The van der Waals surface area contributed by atoms with Gasteiger partial charge in [0, 0.05) is 22.6 Å². The van der Waals surface area contributed by atoms with Crippen molar-refractivity contribution in [2.75, 3.05) is 0 Å². The van der Waals surface area contributed by atoms with Crippen LogP contribution in [0.3, 0.4) is 0 Å². The van der Waals surface area contributed by atoms with E-state index in [9.17, 15) is 5.11 Å². The van der Waals surface area contributed by atoms with Crippen LogP contribution in [-0.4, -0.2) is 5.11 Å². The maximum atomic E-state index is 9.76. The summed E-state index contributed by atoms with van der Waals surface area (Å²) in [6.07, 6.45) is 0. The summed E-state index contributed by atoms with van der Waals surface area (Å²) in [5.74, 6) is 0.325. The fourth-order valence-corrected chi connectivity index (χ4v) is 2.23. The van der Waals surface area contributed by atoms with Gasteiger partial charge < -0.3 is 10.4 Å². The van der Waals surface area contributed by atoms with Gasteiger partial charge in [-0.2, -0.15) is 0 Å². The van der Waals surface area contributed by atoms with Crippen molar-refractivity contribution in [1.29, 1.82) is 0 Å². The maximum Gasteiger partial charge on any atom is 0.120 e. The van der Waals surface area contributed by atoms with Crippen molar-refractivity contribution in [3.05, 3.63) is 64.1 Å². The van der Waals surface area contributed by atoms with Gasteiger partial charge in [-0.1, -0.05) is 46.3 Å². The molecule has 0 aromatic heterocycles. The van der Waals surface area contributed by atoms with Crippen LogP contribution in [0.5, 0.6) is 5.75 Å². The molecule has 1 atom stereocenters. The molecule has 2 rings (SSSR count). The smallest absolute Gasteiger partial charge is 0.120 e. The van der Waals surface area contributed by atoms with Gasteiger partial charge in [0.15, 0.2) is 0 Å². The minimum absolute atomic E-state index is 0.254. The zero-order valence-electron chi connectivity index (χ0n) is 10.2. The molecule has 2 nitrogen and oxygen atoms in total. The van der Waals surface area contributed by atoms with Crippen molar-refractivity contribution in [2.45, 2.75) is 19.5 Å². The average molecular weight is 306 g/mol. The van der Waals surface area contributed by atoms with E-state index < -0.39 is 0 Å². The van der Waals surface area contributed by atoms with Crippen LogP contribution in [0.2, 0.25) is 0 Å². The van der Waals surface area contributed by atoms with Gasteiger partial charge in [0.25, 0.3) is 0 Å². The summed E-state index contributed by atoms with van der Waals surface area (Å²) >= 11 is 3.41. The molecule has 18 heavy (non-hydrogen) atoms. The molecule has 94 valence electrons. The lowest BCUT2D eigenvalue weighted by atomic mass is 10.1. The Hall–Kier alpha value is -1.32. The molecule has 0 bridgehead atoms. The van der Waals surface area contributed by atoms with Crippen LogP contribution in [-0.2, 0) is 6.54 Å². The Labute approximate surface area is 116 Å². The first kappa shape index (κ1) is 13.1. The van der Waals surface area contributed by atoms with Gasteiger partial charge in [0.05, 0.1) is 0 Å². The Morgan fingerprint density at radius 1 is 1.17 bits per heavy atom. The first-order chi connectivity index (χ1) is 8.66. The van der Waals surface area contributed by atoms with Crippen molar-refractivity contribution in [3.8, 4) is 5.75 Å². The van der Waals surface area contributed by atoms with Crippen LogP contribution >= 0.6 is 15.9 Å². The van der Waals surface area contributed by atoms with Gasteiger partial charge in [0.1, 0.15) is 5.75 Å². The normalized spacial score (nSPS) is 12.3. The molecule has 0 spiro atoms. The monoisotopic (exact) mass is 305 g/mol. The Bertz CT molecular complexity index is 513. The fraction of sp³-hybridized carbons (Fsp3) is 0.200. The number of halogens is 1. The van der Waals surface area contributed by atoms with E-state index in [4.69, 9.17) is 0 Å². The van der Waals surface area contributed by atoms with E-state index in [0.717, 1.165) is 10.0 Å². The number of hydrogen-bond donors (Lipinski definition) is 2. The quantitative estimate of drug-likeness (QED) is 0.894. The summed E-state index contributed by atoms with van der Waals surface area (Å²) in [4.78, 5) is 0. The molecule has 0 aliphatic carbocycles. The third-order valence-corrected chi connectivity index (χ3v) is 3.43. The number of aromatic hydroxyl groups is 1. The standard InChI is InChI=1S/C15H16BrNO/c1-11(12-5-3-2-4-6-12)17-10-13-9-14(16)7-8-15(13)18/h2-9,11,17-18H,10H2,1H3. The highest BCUT2D eigenvalue weighted by molar-refractivity contribution is 9.10. The predicted molar refractivity (Wildman–Crippen MR) is 77.5 cm³/mol. The van der Waals surface area contributed by atoms with E-state index in [2.05, 4.69) is 40.3 Å². The summed E-state index contributed by atoms with van der Waals surface area (Å²) in [6.45, 7) is 2.76. The predicted octanol–water partition coefficient (Wildman–Crippen LogP) is 4.01. The Kier molecular flexibility index (Phi) is 4.39. The molecule has 0 saturated carbocycles. The van der Waals surface area contributed by atoms with E-state index in [1.54, 1.807) is 6.07 Å². The second kappa shape index (κ2) is 6.03. The number of phenols is 1. The molecule has 2 aromatic carbocycles. The first-order valence-corrected chi connectivity index (χ1v) is 6.72. The summed E-state index contributed by atoms with van der Waals surface area (Å²) in [7, 11) is 0. The van der Waals surface area contributed by atoms with E-state index in [1.807, 2.05) is 30.3 Å². The van der Waals surface area contributed by atoms with E-state index in [0.29, 0.717) is 12.3 Å². The van der Waals surface area contributed by atoms with Crippen molar-refractivity contribution in [1.82, 2.24) is 5.32 Å². The summed E-state index contributed by atoms with van der Waals surface area (Å²) < 4.78 is 0.976. The molecule has 1 unspecified atom stereocenters. The molecular formula is C15H16BrNO. The van der Waals surface area contributed by atoms with Crippen molar-refractivity contribution < 1.29 is 5.11 Å². The zero-order valence-corrected chi connectivity index (χ0v) is 11.8. The molecule has 2 N–H and O–H groups in total. The Balaban J connectivity index is 2.01. The number of benzene rings is 2. The highest BCUT2D eigenvalue weighted by atomic mass is 79.9. The van der Waals surface area contributed by atoms with Gasteiger partial charge in [-0.3, -0.25) is 0 Å². The molecule has 0 radical (unpaired) electrons. The van der Waals surface area contributed by atoms with Gasteiger partial charge in [-0.15, -0.1) is 0 Å². The van der Waals surface area contributed by atoms with Gasteiger partial charge >= 0.3 is 0 Å². The fourth-order valence-electron chi connectivity index (χ4n) is 1.82. The van der Waals surface area contributed by atoms with Gasteiger partial charge in [-0.25, -0.2) is 0 Å². The highest BCUT2D eigenvalue weighted by Crippen LogP contribution is 2.22. The summed E-state index contributed by atoms with van der Waals surface area (Å²) in [6, 6.07) is 16.0. The summed E-state index contributed by atoms with van der Waals surface area (Å²) in [5.41, 5.74) is 2.14. The highest BCUT2D eigenvalue weighted by Gasteiger charge is 2.06. The Morgan fingerprint density at radius 2 is 1.89 bits per heavy atom. The van der Waals surface area contributed by atoms with Crippen LogP contribution < -0.4 is 5.32 Å². The molecule has 0 fully saturated rings. The first-order valence-electron chi connectivity index (χ1n) is 5.92. The van der Waals surface area contributed by atoms with Gasteiger partial charge in [-0.05, 0) is 30.7 Å². The second-order valence-electron chi connectivity index (χ2n) is 4.29. The molecule has 0 saturated heterocycles. The van der Waals surface area contributed by atoms with Crippen LogP contribution in [0.25, 0.3) is 0 Å². The van der Waals surface area contributed by atoms with E-state index in [-0.39, 0.29) is 6.04 Å². The van der Waals surface area contributed by atoms with E-state index in [1.165, 1.54) is 5.56 Å². The minimum atomic E-state index is 0.254. The second-order valence-corrected chi connectivity index (χ2v) is 5.20. The third kappa shape index (κ3) is 3.34. The van der Waals surface area contributed by atoms with E-state index >= 15 is 0 Å². The van der Waals surface area contributed by atoms with Crippen molar-refractivity contribution >= 4 is 15.9 Å². The van der Waals surface area contributed by atoms with Crippen LogP contribution in [0, 0.1) is 0 Å². The molecule has 0 aliphatic heterocycles. The largest absolute Gasteiger partial charge is 0.508 e. The molecule has 0 heterocycles. The maximum absolute atomic E-state index is 9.76. The summed E-state index contributed by atoms with van der Waals surface area (Å²) in [5, 5.41) is 13.2. The number of nitrogens with one attached hydrogen (secondary N) is 1. The third-order valence-electron chi connectivity index (χ3n) is 2.94. The number of hydrogen-bond acceptors (Lipinski definition) is 2. The molecule has 2 aromatic rings. The van der Waals surface area contributed by atoms with Crippen LogP contribution in [0.4, 0.5) is 0 Å². The van der Waals surface area contributed by atoms with Crippen molar-refractivity contribution in [2.24, 2.45) is 0 Å². The lowest BCUT2D eigenvalue weighted by Crippen LogP contribution is -2.18. The van der Waals surface area contributed by atoms with Crippen LogP contribution in [0.15, 0.2) is 53.0 Å². The van der Waals surface area contributed by atoms with Gasteiger partial charge in [0.2, 0.25) is 0 Å². The lowest BCUT2D eigenvalue weighted by molar-refractivity contribution is 0.460. The molecular weight excluding hydrogens is 290 g/mol. The zero-order chi connectivity index (χ0) is 13.0. The molecule has 3 heteroatoms. The number of rotatable bonds is 4.